The Morgan fingerprint density at radius 2 is 2.17 bits per heavy atom. The Morgan fingerprint density at radius 1 is 1.33 bits per heavy atom. The Labute approximate surface area is 105 Å². The SMILES string of the molecule is Fc1ccc(N2C=NC=C(C3CCCO3)N2)cc1. The smallest absolute Gasteiger partial charge is 0.123 e. The van der Waals surface area contributed by atoms with Crippen molar-refractivity contribution in [1.82, 2.24) is 5.43 Å². The van der Waals surface area contributed by atoms with Gasteiger partial charge >= 0.3 is 0 Å². The van der Waals surface area contributed by atoms with Gasteiger partial charge in [-0.1, -0.05) is 0 Å². The van der Waals surface area contributed by atoms with E-state index in [1.54, 1.807) is 29.7 Å². The van der Waals surface area contributed by atoms with E-state index < -0.39 is 0 Å². The van der Waals surface area contributed by atoms with Crippen molar-refractivity contribution in [2.45, 2.75) is 18.9 Å². The molecule has 1 saturated heterocycles. The molecule has 0 amide bonds. The molecule has 2 heterocycles. The van der Waals surface area contributed by atoms with Gasteiger partial charge in [0.1, 0.15) is 18.3 Å². The summed E-state index contributed by atoms with van der Waals surface area (Å²) in [6, 6.07) is 6.25. The number of ether oxygens (including phenoxy) is 1. The highest BCUT2D eigenvalue weighted by Crippen LogP contribution is 2.21. The predicted molar refractivity (Wildman–Crippen MR) is 67.6 cm³/mol. The molecule has 1 N–H and O–H groups in total. The van der Waals surface area contributed by atoms with Crippen LogP contribution in [0.5, 0.6) is 0 Å². The van der Waals surface area contributed by atoms with Crippen LogP contribution in [-0.2, 0) is 4.74 Å². The fourth-order valence-corrected chi connectivity index (χ4v) is 2.09. The maximum Gasteiger partial charge on any atom is 0.123 e. The van der Waals surface area contributed by atoms with E-state index in [1.165, 1.54) is 12.1 Å². The van der Waals surface area contributed by atoms with Crippen molar-refractivity contribution in [3.63, 3.8) is 0 Å². The molecule has 1 aromatic rings. The van der Waals surface area contributed by atoms with Crippen molar-refractivity contribution in [2.24, 2.45) is 4.99 Å². The van der Waals surface area contributed by atoms with E-state index in [1.807, 2.05) is 0 Å². The minimum atomic E-state index is -0.248. The molecule has 0 aliphatic carbocycles. The molecule has 4 nitrogen and oxygen atoms in total. The van der Waals surface area contributed by atoms with Crippen LogP contribution in [0, 0.1) is 5.82 Å². The number of aliphatic imine (C=N–C) groups is 1. The number of nitrogens with one attached hydrogen (secondary N) is 1. The van der Waals surface area contributed by atoms with Gasteiger partial charge in [0.05, 0.1) is 17.6 Å². The van der Waals surface area contributed by atoms with Crippen LogP contribution in [0.4, 0.5) is 10.1 Å². The van der Waals surface area contributed by atoms with Crippen LogP contribution in [0.1, 0.15) is 12.8 Å². The normalized spacial score (nSPS) is 22.8. The zero-order valence-corrected chi connectivity index (χ0v) is 9.84. The molecule has 5 heteroatoms. The summed E-state index contributed by atoms with van der Waals surface area (Å²) in [7, 11) is 0. The fraction of sp³-hybridized carbons (Fsp3) is 0.308. The molecule has 0 aromatic heterocycles. The first-order valence-electron chi connectivity index (χ1n) is 5.99. The summed E-state index contributed by atoms with van der Waals surface area (Å²) in [6.07, 6.45) is 5.60. The molecule has 1 fully saturated rings. The number of halogens is 1. The summed E-state index contributed by atoms with van der Waals surface area (Å²) >= 11 is 0. The first kappa shape index (κ1) is 11.2. The molecule has 2 aliphatic heterocycles. The molecule has 3 rings (SSSR count). The van der Waals surface area contributed by atoms with Crippen LogP contribution < -0.4 is 10.4 Å². The van der Waals surface area contributed by atoms with E-state index in [-0.39, 0.29) is 11.9 Å². The Kier molecular flexibility index (Phi) is 2.98. The van der Waals surface area contributed by atoms with E-state index in [0.717, 1.165) is 30.8 Å². The third-order valence-electron chi connectivity index (χ3n) is 3.03. The monoisotopic (exact) mass is 247 g/mol. The molecular formula is C13H14FN3O. The second-order valence-corrected chi connectivity index (χ2v) is 4.31. The Morgan fingerprint density at radius 3 is 2.89 bits per heavy atom. The van der Waals surface area contributed by atoms with E-state index >= 15 is 0 Å². The van der Waals surface area contributed by atoms with Gasteiger partial charge < -0.3 is 4.74 Å². The van der Waals surface area contributed by atoms with E-state index in [4.69, 9.17) is 4.74 Å². The average Bonchev–Trinajstić information content (AvgIpc) is 2.94. The number of benzene rings is 1. The Hall–Kier alpha value is -1.88. The molecular weight excluding hydrogens is 233 g/mol. The van der Waals surface area contributed by atoms with Crippen LogP contribution in [-0.4, -0.2) is 19.0 Å². The number of hydrogen-bond donors (Lipinski definition) is 1. The van der Waals surface area contributed by atoms with Gasteiger partial charge in [-0.25, -0.2) is 14.4 Å². The molecule has 0 spiro atoms. The minimum absolute atomic E-state index is 0.0883. The van der Waals surface area contributed by atoms with Crippen LogP contribution in [0.3, 0.4) is 0 Å². The molecule has 0 saturated carbocycles. The lowest BCUT2D eigenvalue weighted by Gasteiger charge is -2.28. The van der Waals surface area contributed by atoms with E-state index in [0.29, 0.717) is 0 Å². The number of anilines is 1. The molecule has 18 heavy (non-hydrogen) atoms. The molecule has 1 atom stereocenters. The second kappa shape index (κ2) is 4.78. The van der Waals surface area contributed by atoms with Crippen molar-refractivity contribution in [2.75, 3.05) is 11.6 Å². The summed E-state index contributed by atoms with van der Waals surface area (Å²) in [4.78, 5) is 4.19. The number of hydrazine groups is 1. The second-order valence-electron chi connectivity index (χ2n) is 4.31. The van der Waals surface area contributed by atoms with Crippen molar-refractivity contribution in [3.8, 4) is 0 Å². The summed E-state index contributed by atoms with van der Waals surface area (Å²) < 4.78 is 18.5. The third kappa shape index (κ3) is 2.22. The molecule has 0 bridgehead atoms. The number of hydrogen-bond acceptors (Lipinski definition) is 4. The van der Waals surface area contributed by atoms with Crippen LogP contribution in [0.15, 0.2) is 41.2 Å². The highest BCUT2D eigenvalue weighted by atomic mass is 19.1. The van der Waals surface area contributed by atoms with Gasteiger partial charge in [0.25, 0.3) is 0 Å². The highest BCUT2D eigenvalue weighted by molar-refractivity contribution is 5.79. The van der Waals surface area contributed by atoms with Gasteiger partial charge in [-0.2, -0.15) is 0 Å². The van der Waals surface area contributed by atoms with Gasteiger partial charge in [-0.15, -0.1) is 0 Å². The summed E-state index contributed by atoms with van der Waals surface area (Å²) in [5.41, 5.74) is 5.01. The van der Waals surface area contributed by atoms with Crippen molar-refractivity contribution in [1.29, 1.82) is 0 Å². The van der Waals surface area contributed by atoms with Crippen LogP contribution in [0.25, 0.3) is 0 Å². The van der Waals surface area contributed by atoms with E-state index in [9.17, 15) is 4.39 Å². The maximum absolute atomic E-state index is 12.9. The standard InChI is InChI=1S/C13H14FN3O/c14-10-3-5-11(6-4-10)17-9-15-8-12(16-17)13-2-1-7-18-13/h3-6,8-9,13,16H,1-2,7H2. The van der Waals surface area contributed by atoms with Gasteiger partial charge in [0.2, 0.25) is 0 Å². The molecule has 2 aliphatic rings. The summed E-state index contributed by atoms with van der Waals surface area (Å²) in [6.45, 7) is 0.796. The van der Waals surface area contributed by atoms with Crippen molar-refractivity contribution < 1.29 is 9.13 Å². The number of nitrogens with zero attached hydrogens (tertiary/aromatic N) is 2. The zero-order valence-electron chi connectivity index (χ0n) is 9.84. The largest absolute Gasteiger partial charge is 0.372 e. The van der Waals surface area contributed by atoms with Crippen molar-refractivity contribution in [3.05, 3.63) is 42.0 Å². The lowest BCUT2D eigenvalue weighted by Crippen LogP contribution is -2.41. The average molecular weight is 247 g/mol. The number of rotatable bonds is 2. The molecule has 0 radical (unpaired) electrons. The Bertz CT molecular complexity index is 478. The minimum Gasteiger partial charge on any atom is -0.372 e. The quantitative estimate of drug-likeness (QED) is 0.870. The topological polar surface area (TPSA) is 36.9 Å². The molecule has 94 valence electrons. The van der Waals surface area contributed by atoms with Gasteiger partial charge in [0, 0.05) is 6.61 Å². The van der Waals surface area contributed by atoms with Gasteiger partial charge in [0.15, 0.2) is 0 Å². The molecule has 1 unspecified atom stereocenters. The summed E-state index contributed by atoms with van der Waals surface area (Å²) in [5.74, 6) is -0.248. The van der Waals surface area contributed by atoms with Crippen LogP contribution >= 0.6 is 0 Å². The molecule has 1 aromatic carbocycles. The van der Waals surface area contributed by atoms with Gasteiger partial charge in [-0.3, -0.25) is 5.43 Å². The van der Waals surface area contributed by atoms with Gasteiger partial charge in [-0.05, 0) is 37.1 Å². The Balaban J connectivity index is 1.74. The van der Waals surface area contributed by atoms with E-state index in [2.05, 4.69) is 10.4 Å². The lowest BCUT2D eigenvalue weighted by atomic mass is 10.2. The lowest BCUT2D eigenvalue weighted by molar-refractivity contribution is 0.131. The fourth-order valence-electron chi connectivity index (χ4n) is 2.09. The third-order valence-corrected chi connectivity index (χ3v) is 3.03. The summed E-state index contributed by atoms with van der Waals surface area (Å²) in [5, 5.41) is 1.76. The first-order chi connectivity index (χ1) is 8.83. The maximum atomic E-state index is 12.9. The zero-order chi connectivity index (χ0) is 12.4. The first-order valence-corrected chi connectivity index (χ1v) is 5.99. The predicted octanol–water partition coefficient (Wildman–Crippen LogP) is 2.20. The van der Waals surface area contributed by atoms with Crippen molar-refractivity contribution >= 4 is 12.0 Å². The highest BCUT2D eigenvalue weighted by Gasteiger charge is 2.23. The van der Waals surface area contributed by atoms with Crippen LogP contribution in [0.2, 0.25) is 0 Å².